The van der Waals surface area contributed by atoms with Crippen molar-refractivity contribution in [3.8, 4) is 0 Å². The third kappa shape index (κ3) is 2.60. The van der Waals surface area contributed by atoms with Gasteiger partial charge in [-0.05, 0) is 30.2 Å². The summed E-state index contributed by atoms with van der Waals surface area (Å²) < 4.78 is 5.36. The van der Waals surface area contributed by atoms with Crippen LogP contribution in [0.25, 0.3) is 0 Å². The van der Waals surface area contributed by atoms with Crippen molar-refractivity contribution in [2.45, 2.75) is 19.6 Å². The standard InChI is InChI=1S/C13H19NO3/c1-10-6-12(3-2-11(10)7-15)14-4-5-17-9-13(14)8-16/h2-3,6,13,15-16H,4-5,7-9H2,1H3. The van der Waals surface area contributed by atoms with Gasteiger partial charge < -0.3 is 19.8 Å². The molecule has 1 heterocycles. The predicted molar refractivity (Wildman–Crippen MR) is 66.1 cm³/mol. The Kier molecular flexibility index (Phi) is 3.99. The highest BCUT2D eigenvalue weighted by atomic mass is 16.5. The van der Waals surface area contributed by atoms with E-state index in [2.05, 4.69) is 11.0 Å². The average molecular weight is 237 g/mol. The number of anilines is 1. The molecule has 1 fully saturated rings. The van der Waals surface area contributed by atoms with Crippen molar-refractivity contribution in [3.63, 3.8) is 0 Å². The number of aliphatic hydroxyl groups excluding tert-OH is 2. The van der Waals surface area contributed by atoms with Gasteiger partial charge in [-0.2, -0.15) is 0 Å². The molecule has 1 aromatic rings. The molecule has 1 aromatic carbocycles. The second kappa shape index (κ2) is 5.49. The van der Waals surface area contributed by atoms with Gasteiger partial charge in [-0.15, -0.1) is 0 Å². The second-order valence-electron chi connectivity index (χ2n) is 4.37. The van der Waals surface area contributed by atoms with Crippen molar-refractivity contribution in [3.05, 3.63) is 29.3 Å². The summed E-state index contributed by atoms with van der Waals surface area (Å²) in [5.74, 6) is 0. The molecule has 2 rings (SSSR count). The Morgan fingerprint density at radius 1 is 1.41 bits per heavy atom. The number of aliphatic hydroxyl groups is 2. The summed E-state index contributed by atoms with van der Waals surface area (Å²) in [7, 11) is 0. The Hall–Kier alpha value is -1.10. The smallest absolute Gasteiger partial charge is 0.0755 e. The predicted octanol–water partition coefficient (Wildman–Crippen LogP) is 0.685. The molecule has 0 aromatic heterocycles. The number of rotatable bonds is 3. The molecular weight excluding hydrogens is 218 g/mol. The van der Waals surface area contributed by atoms with E-state index in [1.807, 2.05) is 19.1 Å². The lowest BCUT2D eigenvalue weighted by Gasteiger charge is -2.36. The van der Waals surface area contributed by atoms with Crippen LogP contribution in [0.2, 0.25) is 0 Å². The van der Waals surface area contributed by atoms with Gasteiger partial charge >= 0.3 is 0 Å². The zero-order valence-electron chi connectivity index (χ0n) is 10.1. The molecule has 1 saturated heterocycles. The zero-order valence-corrected chi connectivity index (χ0v) is 10.1. The van der Waals surface area contributed by atoms with E-state index in [0.717, 1.165) is 23.4 Å². The summed E-state index contributed by atoms with van der Waals surface area (Å²) in [4.78, 5) is 2.16. The third-order valence-corrected chi connectivity index (χ3v) is 3.27. The van der Waals surface area contributed by atoms with Gasteiger partial charge in [-0.3, -0.25) is 0 Å². The number of ether oxygens (including phenoxy) is 1. The molecule has 0 saturated carbocycles. The van der Waals surface area contributed by atoms with Crippen LogP contribution < -0.4 is 4.90 Å². The van der Waals surface area contributed by atoms with Gasteiger partial charge in [0.15, 0.2) is 0 Å². The van der Waals surface area contributed by atoms with Gasteiger partial charge in [-0.1, -0.05) is 6.07 Å². The number of nitrogens with zero attached hydrogens (tertiary/aromatic N) is 1. The lowest BCUT2D eigenvalue weighted by molar-refractivity contribution is 0.0727. The maximum absolute atomic E-state index is 9.33. The maximum Gasteiger partial charge on any atom is 0.0755 e. The summed E-state index contributed by atoms with van der Waals surface area (Å²) in [5.41, 5.74) is 3.11. The summed E-state index contributed by atoms with van der Waals surface area (Å²) in [6.45, 7) is 4.21. The Balaban J connectivity index is 2.23. The largest absolute Gasteiger partial charge is 0.394 e. The first kappa shape index (κ1) is 12.4. The SMILES string of the molecule is Cc1cc(N2CCOCC2CO)ccc1CO. The summed E-state index contributed by atoms with van der Waals surface area (Å²) >= 11 is 0. The van der Waals surface area contributed by atoms with Crippen LogP contribution >= 0.6 is 0 Å². The average Bonchev–Trinajstić information content (AvgIpc) is 2.38. The van der Waals surface area contributed by atoms with Crippen LogP contribution in [0.3, 0.4) is 0 Å². The Morgan fingerprint density at radius 3 is 2.88 bits per heavy atom. The molecule has 0 bridgehead atoms. The fourth-order valence-corrected chi connectivity index (χ4v) is 2.18. The normalized spacial score (nSPS) is 20.6. The quantitative estimate of drug-likeness (QED) is 0.812. The second-order valence-corrected chi connectivity index (χ2v) is 4.37. The van der Waals surface area contributed by atoms with E-state index in [0.29, 0.717) is 13.2 Å². The van der Waals surface area contributed by atoms with E-state index in [4.69, 9.17) is 9.84 Å². The molecule has 0 radical (unpaired) electrons. The molecule has 0 spiro atoms. The van der Waals surface area contributed by atoms with Crippen molar-refractivity contribution < 1.29 is 14.9 Å². The van der Waals surface area contributed by atoms with Crippen molar-refractivity contribution in [1.82, 2.24) is 0 Å². The van der Waals surface area contributed by atoms with Crippen LogP contribution in [-0.2, 0) is 11.3 Å². The van der Waals surface area contributed by atoms with Crippen LogP contribution in [0, 0.1) is 6.92 Å². The summed E-state index contributed by atoms with van der Waals surface area (Å²) in [5, 5.41) is 18.5. The third-order valence-electron chi connectivity index (χ3n) is 3.27. The lowest BCUT2D eigenvalue weighted by atomic mass is 10.1. The fourth-order valence-electron chi connectivity index (χ4n) is 2.18. The molecule has 4 nitrogen and oxygen atoms in total. The molecule has 17 heavy (non-hydrogen) atoms. The number of morpholine rings is 1. The molecule has 1 aliphatic heterocycles. The molecule has 2 N–H and O–H groups in total. The minimum Gasteiger partial charge on any atom is -0.394 e. The van der Waals surface area contributed by atoms with Gasteiger partial charge in [-0.25, -0.2) is 0 Å². The van der Waals surface area contributed by atoms with Crippen LogP contribution in [0.1, 0.15) is 11.1 Å². The molecule has 94 valence electrons. The van der Waals surface area contributed by atoms with E-state index in [-0.39, 0.29) is 19.3 Å². The van der Waals surface area contributed by atoms with Crippen molar-refractivity contribution >= 4 is 5.69 Å². The zero-order chi connectivity index (χ0) is 12.3. The highest BCUT2D eigenvalue weighted by molar-refractivity contribution is 5.52. The van der Waals surface area contributed by atoms with Crippen LogP contribution in [0.5, 0.6) is 0 Å². The van der Waals surface area contributed by atoms with Gasteiger partial charge in [0, 0.05) is 12.2 Å². The van der Waals surface area contributed by atoms with Crippen molar-refractivity contribution in [2.24, 2.45) is 0 Å². The highest BCUT2D eigenvalue weighted by Crippen LogP contribution is 2.22. The van der Waals surface area contributed by atoms with E-state index in [1.54, 1.807) is 0 Å². The van der Waals surface area contributed by atoms with Crippen molar-refractivity contribution in [2.75, 3.05) is 31.3 Å². The van der Waals surface area contributed by atoms with Crippen molar-refractivity contribution in [1.29, 1.82) is 0 Å². The van der Waals surface area contributed by atoms with Gasteiger partial charge in [0.05, 0.1) is 32.5 Å². The number of hydrogen-bond donors (Lipinski definition) is 2. The Morgan fingerprint density at radius 2 is 2.24 bits per heavy atom. The molecule has 1 unspecified atom stereocenters. The number of hydrogen-bond acceptors (Lipinski definition) is 4. The first-order valence-corrected chi connectivity index (χ1v) is 5.92. The molecule has 0 amide bonds. The lowest BCUT2D eigenvalue weighted by Crippen LogP contribution is -2.47. The molecule has 1 aliphatic rings. The minimum atomic E-state index is 0.0307. The number of benzene rings is 1. The Labute approximate surface area is 101 Å². The van der Waals surface area contributed by atoms with E-state index < -0.39 is 0 Å². The van der Waals surface area contributed by atoms with Crippen LogP contribution in [0.4, 0.5) is 5.69 Å². The maximum atomic E-state index is 9.33. The molecule has 4 heteroatoms. The first-order valence-electron chi connectivity index (χ1n) is 5.92. The highest BCUT2D eigenvalue weighted by Gasteiger charge is 2.22. The monoisotopic (exact) mass is 237 g/mol. The molecular formula is C13H19NO3. The van der Waals surface area contributed by atoms with Crippen LogP contribution in [0.15, 0.2) is 18.2 Å². The fraction of sp³-hybridized carbons (Fsp3) is 0.538. The van der Waals surface area contributed by atoms with Crippen LogP contribution in [-0.4, -0.2) is 42.6 Å². The summed E-state index contributed by atoms with van der Waals surface area (Å²) in [6.07, 6.45) is 0. The topological polar surface area (TPSA) is 52.9 Å². The summed E-state index contributed by atoms with van der Waals surface area (Å²) in [6, 6.07) is 6.02. The van der Waals surface area contributed by atoms with E-state index in [9.17, 15) is 5.11 Å². The van der Waals surface area contributed by atoms with Gasteiger partial charge in [0.25, 0.3) is 0 Å². The molecule has 0 aliphatic carbocycles. The van der Waals surface area contributed by atoms with E-state index in [1.165, 1.54) is 0 Å². The molecule has 1 atom stereocenters. The number of aryl methyl sites for hydroxylation is 1. The van der Waals surface area contributed by atoms with E-state index >= 15 is 0 Å². The van der Waals surface area contributed by atoms with Gasteiger partial charge in [0.1, 0.15) is 0 Å². The first-order chi connectivity index (χ1) is 8.26. The van der Waals surface area contributed by atoms with Gasteiger partial charge in [0.2, 0.25) is 0 Å². The minimum absolute atomic E-state index is 0.0307. The Bertz CT molecular complexity index is 381.